The van der Waals surface area contributed by atoms with Crippen LogP contribution >= 0.6 is 0 Å². The lowest BCUT2D eigenvalue weighted by atomic mass is 9.78. The Labute approximate surface area is 87.3 Å². The fourth-order valence-electron chi connectivity index (χ4n) is 2.75. The summed E-state index contributed by atoms with van der Waals surface area (Å²) in [6, 6.07) is 0. The van der Waals surface area contributed by atoms with Gasteiger partial charge in [-0.2, -0.15) is 0 Å². The van der Waals surface area contributed by atoms with Crippen LogP contribution in [0.15, 0.2) is 0 Å². The summed E-state index contributed by atoms with van der Waals surface area (Å²) >= 11 is 0. The average molecular weight is 194 g/mol. The second-order valence-electron chi connectivity index (χ2n) is 5.16. The normalized spacial score (nSPS) is 25.4. The maximum atomic E-state index is 11.8. The van der Waals surface area contributed by atoms with Gasteiger partial charge in [0.25, 0.3) is 0 Å². The van der Waals surface area contributed by atoms with Crippen LogP contribution in [0.3, 0.4) is 0 Å². The largest absolute Gasteiger partial charge is 0.299 e. The van der Waals surface area contributed by atoms with Crippen LogP contribution in [0.5, 0.6) is 0 Å². The molecule has 0 saturated heterocycles. The Morgan fingerprint density at radius 1 is 0.857 bits per heavy atom. The molecule has 14 heavy (non-hydrogen) atoms. The van der Waals surface area contributed by atoms with E-state index in [9.17, 15) is 4.79 Å². The lowest BCUT2D eigenvalue weighted by Crippen LogP contribution is -2.23. The first-order chi connectivity index (χ1) is 6.86. The van der Waals surface area contributed by atoms with Gasteiger partial charge in [0.2, 0.25) is 0 Å². The molecule has 0 spiro atoms. The maximum absolute atomic E-state index is 11.8. The van der Waals surface area contributed by atoms with Crippen molar-refractivity contribution in [3.8, 4) is 0 Å². The van der Waals surface area contributed by atoms with E-state index in [1.807, 2.05) is 0 Å². The topological polar surface area (TPSA) is 17.1 Å². The van der Waals surface area contributed by atoms with E-state index in [0.717, 1.165) is 12.3 Å². The molecule has 0 unspecified atom stereocenters. The van der Waals surface area contributed by atoms with Gasteiger partial charge in [-0.05, 0) is 18.8 Å². The zero-order valence-corrected chi connectivity index (χ0v) is 9.13. The van der Waals surface area contributed by atoms with Gasteiger partial charge in [-0.3, -0.25) is 4.79 Å². The molecule has 1 heteroatoms. The van der Waals surface area contributed by atoms with Gasteiger partial charge < -0.3 is 0 Å². The van der Waals surface area contributed by atoms with Gasteiger partial charge in [0.15, 0.2) is 0 Å². The van der Waals surface area contributed by atoms with E-state index < -0.39 is 0 Å². The minimum atomic E-state index is 0.471. The summed E-state index contributed by atoms with van der Waals surface area (Å²) in [6.07, 6.45) is 12.7. The fraction of sp³-hybridized carbons (Fsp3) is 0.923. The highest BCUT2D eigenvalue weighted by molar-refractivity contribution is 5.81. The van der Waals surface area contributed by atoms with Gasteiger partial charge in [-0.25, -0.2) is 0 Å². The number of Topliss-reactive ketones (excluding diaryl/α,β-unsaturated/α-hetero) is 1. The monoisotopic (exact) mass is 194 g/mol. The van der Waals surface area contributed by atoms with Crippen molar-refractivity contribution in [1.82, 2.24) is 0 Å². The molecular formula is C13H22O. The second-order valence-corrected chi connectivity index (χ2v) is 5.16. The minimum Gasteiger partial charge on any atom is -0.299 e. The molecule has 80 valence electrons. The molecular weight excluding hydrogens is 172 g/mol. The lowest BCUT2D eigenvalue weighted by molar-refractivity contribution is -0.126. The van der Waals surface area contributed by atoms with Crippen LogP contribution in [0.4, 0.5) is 0 Å². The number of carbonyl (C=O) groups is 1. The van der Waals surface area contributed by atoms with Gasteiger partial charge in [-0.15, -0.1) is 0 Å². The van der Waals surface area contributed by atoms with Crippen molar-refractivity contribution < 1.29 is 4.79 Å². The molecule has 2 saturated carbocycles. The Balaban J connectivity index is 1.74. The highest BCUT2D eigenvalue weighted by Crippen LogP contribution is 2.32. The van der Waals surface area contributed by atoms with Crippen molar-refractivity contribution in [2.45, 2.75) is 64.2 Å². The summed E-state index contributed by atoms with van der Waals surface area (Å²) in [5.41, 5.74) is 0. The zero-order chi connectivity index (χ0) is 9.80. The summed E-state index contributed by atoms with van der Waals surface area (Å²) in [5.74, 6) is 1.80. The molecule has 0 bridgehead atoms. The summed E-state index contributed by atoms with van der Waals surface area (Å²) in [7, 11) is 0. The summed E-state index contributed by atoms with van der Waals surface area (Å²) in [5, 5.41) is 0. The van der Waals surface area contributed by atoms with Gasteiger partial charge in [0.1, 0.15) is 5.78 Å². The summed E-state index contributed by atoms with van der Waals surface area (Å²) < 4.78 is 0. The molecule has 0 N–H and O–H groups in total. The van der Waals surface area contributed by atoms with Crippen LogP contribution in [-0.2, 0) is 4.79 Å². The Morgan fingerprint density at radius 3 is 2.00 bits per heavy atom. The number of carbonyl (C=O) groups excluding carboxylic acids is 1. The van der Waals surface area contributed by atoms with Crippen LogP contribution in [0.2, 0.25) is 0 Å². The van der Waals surface area contributed by atoms with Crippen LogP contribution in [0, 0.1) is 11.8 Å². The maximum Gasteiger partial charge on any atom is 0.136 e. The second kappa shape index (κ2) is 4.95. The highest BCUT2D eigenvalue weighted by atomic mass is 16.1. The predicted molar refractivity (Wildman–Crippen MR) is 58.2 cm³/mol. The molecule has 0 heterocycles. The van der Waals surface area contributed by atoms with E-state index >= 15 is 0 Å². The van der Waals surface area contributed by atoms with Crippen LogP contribution in [0.1, 0.15) is 64.2 Å². The SMILES string of the molecule is O=C(CC1CCCCCC1)C1CCC1. The molecule has 0 radical (unpaired) electrons. The van der Waals surface area contributed by atoms with Crippen molar-refractivity contribution in [2.24, 2.45) is 11.8 Å². The van der Waals surface area contributed by atoms with Crippen molar-refractivity contribution >= 4 is 5.78 Å². The van der Waals surface area contributed by atoms with Crippen LogP contribution in [0.25, 0.3) is 0 Å². The van der Waals surface area contributed by atoms with E-state index in [2.05, 4.69) is 0 Å². The molecule has 0 atom stereocenters. The third-order valence-electron chi connectivity index (χ3n) is 4.03. The van der Waals surface area contributed by atoms with E-state index in [1.54, 1.807) is 0 Å². The zero-order valence-electron chi connectivity index (χ0n) is 9.13. The molecule has 2 fully saturated rings. The van der Waals surface area contributed by atoms with Crippen LogP contribution in [-0.4, -0.2) is 5.78 Å². The van der Waals surface area contributed by atoms with Crippen molar-refractivity contribution in [1.29, 1.82) is 0 Å². The number of hydrogen-bond donors (Lipinski definition) is 0. The molecule has 0 aromatic rings. The molecule has 0 amide bonds. The molecule has 0 aromatic carbocycles. The van der Waals surface area contributed by atoms with Crippen LogP contribution < -0.4 is 0 Å². The molecule has 0 aliphatic heterocycles. The number of rotatable bonds is 3. The number of hydrogen-bond acceptors (Lipinski definition) is 1. The number of ketones is 1. The Morgan fingerprint density at radius 2 is 1.50 bits per heavy atom. The first-order valence-electron chi connectivity index (χ1n) is 6.39. The molecule has 1 nitrogen and oxygen atoms in total. The third-order valence-corrected chi connectivity index (χ3v) is 4.03. The smallest absolute Gasteiger partial charge is 0.136 e. The van der Waals surface area contributed by atoms with E-state index in [-0.39, 0.29) is 0 Å². The van der Waals surface area contributed by atoms with E-state index in [4.69, 9.17) is 0 Å². The van der Waals surface area contributed by atoms with Gasteiger partial charge in [0.05, 0.1) is 0 Å². The lowest BCUT2D eigenvalue weighted by Gasteiger charge is -2.25. The molecule has 0 aromatic heterocycles. The van der Waals surface area contributed by atoms with Gasteiger partial charge in [-0.1, -0.05) is 44.9 Å². The van der Waals surface area contributed by atoms with Crippen molar-refractivity contribution in [2.75, 3.05) is 0 Å². The molecule has 2 rings (SSSR count). The van der Waals surface area contributed by atoms with Gasteiger partial charge >= 0.3 is 0 Å². The Bertz CT molecular complexity index is 185. The minimum absolute atomic E-state index is 0.471. The average Bonchev–Trinajstić information content (AvgIpc) is 2.29. The Kier molecular flexibility index (Phi) is 3.61. The van der Waals surface area contributed by atoms with Crippen molar-refractivity contribution in [3.05, 3.63) is 0 Å². The standard InChI is InChI=1S/C13H22O/c14-13(12-8-5-9-12)10-11-6-3-1-2-4-7-11/h11-12H,1-10H2. The van der Waals surface area contributed by atoms with E-state index in [0.29, 0.717) is 11.7 Å². The Hall–Kier alpha value is -0.330. The summed E-state index contributed by atoms with van der Waals surface area (Å²) in [6.45, 7) is 0. The molecule has 2 aliphatic carbocycles. The third kappa shape index (κ3) is 2.59. The predicted octanol–water partition coefficient (Wildman–Crippen LogP) is 3.72. The quantitative estimate of drug-likeness (QED) is 0.626. The first-order valence-corrected chi connectivity index (χ1v) is 6.39. The van der Waals surface area contributed by atoms with Gasteiger partial charge in [0, 0.05) is 12.3 Å². The first kappa shape index (κ1) is 10.2. The fourth-order valence-corrected chi connectivity index (χ4v) is 2.75. The summed E-state index contributed by atoms with van der Waals surface area (Å²) in [4.78, 5) is 11.8. The molecule has 2 aliphatic rings. The van der Waals surface area contributed by atoms with Crippen molar-refractivity contribution in [3.63, 3.8) is 0 Å². The van der Waals surface area contributed by atoms with E-state index in [1.165, 1.54) is 57.8 Å². The highest BCUT2D eigenvalue weighted by Gasteiger charge is 2.27.